The first-order valence-electron chi connectivity index (χ1n) is 6.83. The maximum atomic E-state index is 12.1. The van der Waals surface area contributed by atoms with Gasteiger partial charge in [0.05, 0.1) is 6.61 Å². The fourth-order valence-corrected chi connectivity index (χ4v) is 2.29. The Bertz CT molecular complexity index is 397. The average Bonchev–Trinajstić information content (AvgIpc) is 2.89. The van der Waals surface area contributed by atoms with E-state index in [0.29, 0.717) is 18.2 Å². The van der Waals surface area contributed by atoms with E-state index in [4.69, 9.17) is 4.74 Å². The fraction of sp³-hybridized carbons (Fsp3) is 0.533. The lowest BCUT2D eigenvalue weighted by molar-refractivity contribution is 0.0937. The molecular weight excluding hydrogens is 226 g/mol. The van der Waals surface area contributed by atoms with Crippen LogP contribution in [-0.4, -0.2) is 18.6 Å². The Morgan fingerprint density at radius 1 is 1.39 bits per heavy atom. The minimum absolute atomic E-state index is 0.0175. The van der Waals surface area contributed by atoms with Crippen molar-refractivity contribution in [3.63, 3.8) is 0 Å². The molecule has 2 rings (SSSR count). The molecule has 3 nitrogen and oxygen atoms in total. The van der Waals surface area contributed by atoms with Gasteiger partial charge in [0.2, 0.25) is 0 Å². The van der Waals surface area contributed by atoms with E-state index in [1.807, 2.05) is 24.3 Å². The van der Waals surface area contributed by atoms with Gasteiger partial charge in [-0.15, -0.1) is 0 Å². The monoisotopic (exact) mass is 247 g/mol. The molecule has 0 heterocycles. The summed E-state index contributed by atoms with van der Waals surface area (Å²) in [6, 6.07) is 7.78. The van der Waals surface area contributed by atoms with Gasteiger partial charge in [-0.25, -0.2) is 0 Å². The second-order valence-corrected chi connectivity index (χ2v) is 4.83. The van der Waals surface area contributed by atoms with Gasteiger partial charge in [-0.05, 0) is 37.5 Å². The Balaban J connectivity index is 1.96. The summed E-state index contributed by atoms with van der Waals surface area (Å²) in [7, 11) is 0. The van der Waals surface area contributed by atoms with Crippen molar-refractivity contribution in [3.05, 3.63) is 29.8 Å². The maximum absolute atomic E-state index is 12.1. The number of nitrogens with one attached hydrogen (secondary N) is 1. The molecule has 1 amide bonds. The molecule has 0 unspecified atom stereocenters. The third-order valence-electron chi connectivity index (χ3n) is 3.26. The van der Waals surface area contributed by atoms with E-state index in [0.717, 1.165) is 25.0 Å². The zero-order chi connectivity index (χ0) is 12.8. The van der Waals surface area contributed by atoms with E-state index < -0.39 is 0 Å². The van der Waals surface area contributed by atoms with Crippen molar-refractivity contribution in [1.82, 2.24) is 5.32 Å². The van der Waals surface area contributed by atoms with Crippen LogP contribution < -0.4 is 10.1 Å². The van der Waals surface area contributed by atoms with Crippen LogP contribution in [0.3, 0.4) is 0 Å². The molecule has 3 heteroatoms. The smallest absolute Gasteiger partial charge is 0.251 e. The van der Waals surface area contributed by atoms with E-state index in [1.165, 1.54) is 12.8 Å². The van der Waals surface area contributed by atoms with E-state index in [2.05, 4.69) is 12.2 Å². The third kappa shape index (κ3) is 3.49. The molecule has 0 atom stereocenters. The van der Waals surface area contributed by atoms with Crippen molar-refractivity contribution in [2.45, 2.75) is 45.1 Å². The molecule has 1 fully saturated rings. The third-order valence-corrected chi connectivity index (χ3v) is 3.26. The summed E-state index contributed by atoms with van der Waals surface area (Å²) in [6.07, 6.45) is 5.64. The van der Waals surface area contributed by atoms with Gasteiger partial charge >= 0.3 is 0 Å². The molecule has 98 valence electrons. The van der Waals surface area contributed by atoms with Gasteiger partial charge in [0.25, 0.3) is 5.91 Å². The van der Waals surface area contributed by atoms with E-state index in [9.17, 15) is 4.79 Å². The van der Waals surface area contributed by atoms with Crippen molar-refractivity contribution in [2.24, 2.45) is 0 Å². The first-order chi connectivity index (χ1) is 8.79. The summed E-state index contributed by atoms with van der Waals surface area (Å²) in [5.41, 5.74) is 0.690. The number of carbonyl (C=O) groups excluding carboxylic acids is 1. The van der Waals surface area contributed by atoms with Gasteiger partial charge in [-0.3, -0.25) is 4.79 Å². The van der Waals surface area contributed by atoms with Gasteiger partial charge in [0.15, 0.2) is 0 Å². The van der Waals surface area contributed by atoms with Gasteiger partial charge in [-0.2, -0.15) is 0 Å². The quantitative estimate of drug-likeness (QED) is 0.868. The van der Waals surface area contributed by atoms with Crippen molar-refractivity contribution in [1.29, 1.82) is 0 Å². The molecule has 0 aromatic heterocycles. The first kappa shape index (κ1) is 12.9. The van der Waals surface area contributed by atoms with Crippen LogP contribution >= 0.6 is 0 Å². The molecular formula is C15H21NO2. The molecule has 1 N–H and O–H groups in total. The van der Waals surface area contributed by atoms with E-state index >= 15 is 0 Å². The highest BCUT2D eigenvalue weighted by atomic mass is 16.5. The molecule has 0 aliphatic heterocycles. The van der Waals surface area contributed by atoms with E-state index in [1.54, 1.807) is 0 Å². The number of hydrogen-bond donors (Lipinski definition) is 1. The van der Waals surface area contributed by atoms with Crippen LogP contribution in [0.4, 0.5) is 0 Å². The van der Waals surface area contributed by atoms with Gasteiger partial charge in [0, 0.05) is 11.6 Å². The van der Waals surface area contributed by atoms with Gasteiger partial charge in [-0.1, -0.05) is 25.8 Å². The standard InChI is InChI=1S/C15H21NO2/c1-2-10-18-14-9-5-6-12(11-14)15(17)16-13-7-3-4-8-13/h5-6,9,11,13H,2-4,7-8,10H2,1H3,(H,16,17). The molecule has 0 bridgehead atoms. The van der Waals surface area contributed by atoms with Crippen LogP contribution in [0.2, 0.25) is 0 Å². The van der Waals surface area contributed by atoms with Crippen LogP contribution in [0.1, 0.15) is 49.4 Å². The normalized spacial score (nSPS) is 15.6. The zero-order valence-electron chi connectivity index (χ0n) is 10.9. The predicted octanol–water partition coefficient (Wildman–Crippen LogP) is 3.15. The number of rotatable bonds is 5. The summed E-state index contributed by atoms with van der Waals surface area (Å²) in [6.45, 7) is 2.75. The Morgan fingerprint density at radius 3 is 2.89 bits per heavy atom. The molecule has 0 saturated heterocycles. The molecule has 18 heavy (non-hydrogen) atoms. The summed E-state index contributed by atoms with van der Waals surface area (Å²) in [4.78, 5) is 12.1. The minimum Gasteiger partial charge on any atom is -0.494 e. The van der Waals surface area contributed by atoms with Crippen molar-refractivity contribution in [2.75, 3.05) is 6.61 Å². The lowest BCUT2D eigenvalue weighted by Gasteiger charge is -2.12. The number of ether oxygens (including phenoxy) is 1. The van der Waals surface area contributed by atoms with Crippen LogP contribution in [0.25, 0.3) is 0 Å². The number of amides is 1. The van der Waals surface area contributed by atoms with Crippen LogP contribution in [0.15, 0.2) is 24.3 Å². The largest absolute Gasteiger partial charge is 0.494 e. The molecule has 1 aliphatic carbocycles. The van der Waals surface area contributed by atoms with Gasteiger partial charge in [0.1, 0.15) is 5.75 Å². The Kier molecular flexibility index (Phi) is 4.62. The van der Waals surface area contributed by atoms with Crippen LogP contribution in [0.5, 0.6) is 5.75 Å². The summed E-state index contributed by atoms with van der Waals surface area (Å²) in [5.74, 6) is 0.791. The second kappa shape index (κ2) is 6.43. The molecule has 1 aliphatic rings. The molecule has 1 aromatic carbocycles. The molecule has 0 radical (unpaired) electrons. The first-order valence-corrected chi connectivity index (χ1v) is 6.83. The van der Waals surface area contributed by atoms with Crippen molar-refractivity contribution < 1.29 is 9.53 Å². The lowest BCUT2D eigenvalue weighted by Crippen LogP contribution is -2.32. The highest BCUT2D eigenvalue weighted by Crippen LogP contribution is 2.19. The minimum atomic E-state index is 0.0175. The Hall–Kier alpha value is -1.51. The summed E-state index contributed by atoms with van der Waals surface area (Å²) in [5, 5.41) is 3.08. The van der Waals surface area contributed by atoms with Crippen molar-refractivity contribution >= 4 is 5.91 Å². The Labute approximate surface area is 109 Å². The number of hydrogen-bond acceptors (Lipinski definition) is 2. The highest BCUT2D eigenvalue weighted by molar-refractivity contribution is 5.94. The highest BCUT2D eigenvalue weighted by Gasteiger charge is 2.17. The average molecular weight is 247 g/mol. The summed E-state index contributed by atoms with van der Waals surface area (Å²) < 4.78 is 5.54. The SMILES string of the molecule is CCCOc1cccc(C(=O)NC2CCCC2)c1. The predicted molar refractivity (Wildman–Crippen MR) is 72.0 cm³/mol. The zero-order valence-corrected chi connectivity index (χ0v) is 10.9. The second-order valence-electron chi connectivity index (χ2n) is 4.83. The lowest BCUT2D eigenvalue weighted by atomic mass is 10.1. The summed E-state index contributed by atoms with van der Waals surface area (Å²) >= 11 is 0. The Morgan fingerprint density at radius 2 is 2.17 bits per heavy atom. The number of benzene rings is 1. The topological polar surface area (TPSA) is 38.3 Å². The van der Waals surface area contributed by atoms with Crippen LogP contribution in [0, 0.1) is 0 Å². The van der Waals surface area contributed by atoms with Crippen molar-refractivity contribution in [3.8, 4) is 5.75 Å². The van der Waals surface area contributed by atoms with E-state index in [-0.39, 0.29) is 5.91 Å². The molecule has 1 saturated carbocycles. The molecule has 1 aromatic rings. The number of carbonyl (C=O) groups is 1. The van der Waals surface area contributed by atoms with Crippen LogP contribution in [-0.2, 0) is 0 Å². The molecule has 0 spiro atoms. The van der Waals surface area contributed by atoms with Gasteiger partial charge < -0.3 is 10.1 Å². The fourth-order valence-electron chi connectivity index (χ4n) is 2.29. The maximum Gasteiger partial charge on any atom is 0.251 e.